The summed E-state index contributed by atoms with van der Waals surface area (Å²) in [4.78, 5) is 25.9. The molecule has 7 rings (SSSR count). The minimum atomic E-state index is -4.08. The van der Waals surface area contributed by atoms with Crippen molar-refractivity contribution in [2.24, 2.45) is 0 Å². The Hall–Kier alpha value is -3.85. The predicted molar refractivity (Wildman–Crippen MR) is 159 cm³/mol. The normalized spacial score (nSPS) is 20.4. The molecule has 3 aliphatic rings. The lowest BCUT2D eigenvalue weighted by Gasteiger charge is -2.34. The third-order valence-corrected chi connectivity index (χ3v) is 11.3. The van der Waals surface area contributed by atoms with Gasteiger partial charge in [-0.1, -0.05) is 17.4 Å². The second-order valence-corrected chi connectivity index (χ2v) is 14.3. The maximum absolute atomic E-state index is 13.5. The van der Waals surface area contributed by atoms with Crippen LogP contribution in [0, 0.1) is 11.3 Å². The van der Waals surface area contributed by atoms with Crippen molar-refractivity contribution in [3.05, 3.63) is 35.2 Å². The number of aromatic nitrogens is 5. The van der Waals surface area contributed by atoms with Crippen LogP contribution >= 0.6 is 11.3 Å². The number of nitriles is 1. The molecule has 3 fully saturated rings. The molecule has 1 saturated carbocycles. The first kappa shape index (κ1) is 29.8. The molecule has 1 atom stereocenters. The molecule has 3 aromatic heterocycles. The van der Waals surface area contributed by atoms with E-state index in [0.29, 0.717) is 85.1 Å². The number of likely N-dealkylation sites (tertiary alicyclic amines) is 2. The van der Waals surface area contributed by atoms with Crippen LogP contribution in [-0.2, 0) is 14.8 Å². The zero-order valence-electron chi connectivity index (χ0n) is 24.2. The third kappa shape index (κ3) is 5.29. The maximum atomic E-state index is 13.5. The molecule has 4 aromatic rings. The van der Waals surface area contributed by atoms with Crippen molar-refractivity contribution in [3.63, 3.8) is 0 Å². The van der Waals surface area contributed by atoms with E-state index in [4.69, 9.17) is 4.74 Å². The molecule has 236 valence electrons. The van der Waals surface area contributed by atoms with E-state index in [1.807, 2.05) is 15.9 Å². The lowest BCUT2D eigenvalue weighted by molar-refractivity contribution is 0.103. The summed E-state index contributed by atoms with van der Waals surface area (Å²) < 4.78 is 63.1. The number of nitrogens with zero attached hydrogens (tertiary/aromatic N) is 8. The summed E-state index contributed by atoms with van der Waals surface area (Å²) in [6, 6.07) is 6.56. The minimum absolute atomic E-state index is 0.00438. The van der Waals surface area contributed by atoms with Gasteiger partial charge in [-0.15, -0.1) is 10.2 Å². The fourth-order valence-corrected chi connectivity index (χ4v) is 8.34. The number of hydrogen-bond acceptors (Lipinski definition) is 10. The molecular formula is C28H29F2N9O4S2. The Balaban J connectivity index is 1.27. The van der Waals surface area contributed by atoms with Crippen LogP contribution in [0.3, 0.4) is 0 Å². The number of fused-ring (bicyclic) bond motifs is 3. The van der Waals surface area contributed by atoms with Gasteiger partial charge in [0.2, 0.25) is 15.2 Å². The Kier molecular flexibility index (Phi) is 7.42. The van der Waals surface area contributed by atoms with E-state index in [-0.39, 0.29) is 28.1 Å². The Morgan fingerprint density at radius 3 is 2.56 bits per heavy atom. The summed E-state index contributed by atoms with van der Waals surface area (Å²) in [5.41, 5.74) is 0.361. The molecule has 13 nitrogen and oxygen atoms in total. The Labute approximate surface area is 260 Å². The standard InChI is InChI=1S/C28H29F2N9O4S2/c1-43-17-6-11-38(13-17)27(40)37-9-4-16(5-10-37)22-21-19-3-2-18(45(41,42)36-28(14-31)7-8-28)12-20(19)39(24(21)33-15-32-22)26-35-34-25(44-26)23(29)30/h2-3,12,15-17,23,36H,4-11,13H2,1H3. The van der Waals surface area contributed by atoms with E-state index < -0.39 is 27.0 Å². The van der Waals surface area contributed by atoms with E-state index in [0.717, 1.165) is 12.1 Å². The number of rotatable bonds is 7. The molecule has 1 N–H and O–H groups in total. The number of carbonyl (C=O) groups excluding carboxylic acids is 1. The van der Waals surface area contributed by atoms with Crippen molar-refractivity contribution < 1.29 is 26.7 Å². The number of piperidine rings is 1. The Morgan fingerprint density at radius 2 is 1.91 bits per heavy atom. The summed E-state index contributed by atoms with van der Waals surface area (Å²) >= 11 is 0.688. The number of alkyl halides is 2. The molecular weight excluding hydrogens is 628 g/mol. The minimum Gasteiger partial charge on any atom is -0.380 e. The molecule has 5 heterocycles. The van der Waals surface area contributed by atoms with Crippen LogP contribution in [0.5, 0.6) is 0 Å². The number of halogens is 2. The van der Waals surface area contributed by atoms with Gasteiger partial charge in [-0.3, -0.25) is 4.57 Å². The van der Waals surface area contributed by atoms with Crippen molar-refractivity contribution in [1.82, 2.24) is 39.3 Å². The van der Waals surface area contributed by atoms with Crippen LogP contribution in [-0.4, -0.2) is 93.9 Å². The molecule has 2 aliphatic heterocycles. The van der Waals surface area contributed by atoms with Crippen LogP contribution in [0.1, 0.15) is 55.1 Å². The van der Waals surface area contributed by atoms with Gasteiger partial charge in [0.05, 0.1) is 28.3 Å². The van der Waals surface area contributed by atoms with Gasteiger partial charge in [0.25, 0.3) is 6.43 Å². The van der Waals surface area contributed by atoms with Crippen molar-refractivity contribution >= 4 is 49.3 Å². The number of urea groups is 1. The number of ether oxygens (including phenoxy) is 1. The molecule has 2 saturated heterocycles. The first-order valence-electron chi connectivity index (χ1n) is 14.6. The molecule has 0 bridgehead atoms. The number of benzene rings is 1. The highest BCUT2D eigenvalue weighted by molar-refractivity contribution is 7.89. The average molecular weight is 658 g/mol. The topological polar surface area (TPSA) is 159 Å². The van der Waals surface area contributed by atoms with Gasteiger partial charge in [-0.05, 0) is 44.2 Å². The monoisotopic (exact) mass is 657 g/mol. The second kappa shape index (κ2) is 11.2. The molecule has 1 aromatic carbocycles. The molecule has 1 unspecified atom stereocenters. The van der Waals surface area contributed by atoms with Crippen LogP contribution < -0.4 is 4.72 Å². The summed E-state index contributed by atoms with van der Waals surface area (Å²) in [6.45, 7) is 2.30. The maximum Gasteiger partial charge on any atom is 0.320 e. The predicted octanol–water partition coefficient (Wildman–Crippen LogP) is 3.72. The number of nitrogens with one attached hydrogen (secondary N) is 1. The van der Waals surface area contributed by atoms with Crippen molar-refractivity contribution in [2.45, 2.75) is 61.0 Å². The van der Waals surface area contributed by atoms with E-state index in [1.54, 1.807) is 13.2 Å². The van der Waals surface area contributed by atoms with Crippen molar-refractivity contribution in [2.75, 3.05) is 33.3 Å². The van der Waals surface area contributed by atoms with E-state index in [1.165, 1.54) is 23.0 Å². The molecule has 0 radical (unpaired) electrons. The SMILES string of the molecule is COC1CCN(C(=O)N2CCC(c3ncnc4c3c3ccc(S(=O)(=O)NC5(C#N)CC5)cc3n4-c3nnc(C(F)F)s3)CC2)C1. The lowest BCUT2D eigenvalue weighted by Crippen LogP contribution is -2.46. The van der Waals surface area contributed by atoms with Crippen molar-refractivity contribution in [3.8, 4) is 11.2 Å². The van der Waals surface area contributed by atoms with Gasteiger partial charge >= 0.3 is 6.03 Å². The molecule has 2 amide bonds. The molecule has 17 heteroatoms. The number of methoxy groups -OCH3 is 1. The summed E-state index contributed by atoms with van der Waals surface area (Å²) in [5, 5.41) is 18.0. The van der Waals surface area contributed by atoms with E-state index in [2.05, 4.69) is 24.9 Å². The first-order chi connectivity index (χ1) is 21.6. The fraction of sp³-hybridized carbons (Fsp3) is 0.500. The molecule has 0 spiro atoms. The Morgan fingerprint density at radius 1 is 1.16 bits per heavy atom. The number of hydrogen-bond donors (Lipinski definition) is 1. The zero-order valence-corrected chi connectivity index (χ0v) is 25.8. The smallest absolute Gasteiger partial charge is 0.320 e. The van der Waals surface area contributed by atoms with Crippen LogP contribution in [0.4, 0.5) is 13.6 Å². The van der Waals surface area contributed by atoms with Crippen molar-refractivity contribution in [1.29, 1.82) is 5.26 Å². The third-order valence-electron chi connectivity index (χ3n) is 8.86. The second-order valence-electron chi connectivity index (χ2n) is 11.6. The number of amides is 2. The van der Waals surface area contributed by atoms with Crippen LogP contribution in [0.2, 0.25) is 0 Å². The lowest BCUT2D eigenvalue weighted by atomic mass is 9.91. The highest BCUT2D eigenvalue weighted by Crippen LogP contribution is 2.41. The molecule has 45 heavy (non-hydrogen) atoms. The highest BCUT2D eigenvalue weighted by atomic mass is 32.2. The zero-order chi connectivity index (χ0) is 31.5. The average Bonchev–Trinajstić information content (AvgIpc) is 3.39. The van der Waals surface area contributed by atoms with E-state index in [9.17, 15) is 27.3 Å². The first-order valence-corrected chi connectivity index (χ1v) is 16.9. The summed E-state index contributed by atoms with van der Waals surface area (Å²) in [7, 11) is -2.43. The summed E-state index contributed by atoms with van der Waals surface area (Å²) in [6.07, 6.45) is 1.56. The van der Waals surface area contributed by atoms with Gasteiger partial charge in [0, 0.05) is 50.0 Å². The Bertz CT molecular complexity index is 1950. The number of carbonyl (C=O) groups is 1. The van der Waals surface area contributed by atoms with Gasteiger partial charge in [0.15, 0.2) is 10.7 Å². The quantitative estimate of drug-likeness (QED) is 0.313. The van der Waals surface area contributed by atoms with Crippen LogP contribution in [0.15, 0.2) is 29.4 Å². The van der Waals surface area contributed by atoms with E-state index >= 15 is 0 Å². The van der Waals surface area contributed by atoms with Crippen LogP contribution in [0.25, 0.3) is 27.1 Å². The fourth-order valence-electron chi connectivity index (χ4n) is 6.23. The van der Waals surface area contributed by atoms with Gasteiger partial charge in [0.1, 0.15) is 11.9 Å². The molecule has 1 aliphatic carbocycles. The number of sulfonamides is 1. The van der Waals surface area contributed by atoms with Gasteiger partial charge in [-0.25, -0.2) is 32.0 Å². The van der Waals surface area contributed by atoms with Gasteiger partial charge < -0.3 is 14.5 Å². The largest absolute Gasteiger partial charge is 0.380 e. The highest BCUT2D eigenvalue weighted by Gasteiger charge is 2.47. The van der Waals surface area contributed by atoms with Gasteiger partial charge in [-0.2, -0.15) is 9.98 Å². The summed E-state index contributed by atoms with van der Waals surface area (Å²) in [5.74, 6) is -0.0367.